The highest BCUT2D eigenvalue weighted by Gasteiger charge is 2.26. The normalized spacial score (nSPS) is 15.0. The van der Waals surface area contributed by atoms with Crippen molar-refractivity contribution in [2.24, 2.45) is 0 Å². The fraction of sp³-hybridized carbons (Fsp3) is 0.238. The third-order valence-corrected chi connectivity index (χ3v) is 7.30. The van der Waals surface area contributed by atoms with Gasteiger partial charge in [-0.15, -0.1) is 0 Å². The van der Waals surface area contributed by atoms with Crippen molar-refractivity contribution >= 4 is 37.6 Å². The van der Waals surface area contributed by atoms with Gasteiger partial charge in [0.2, 0.25) is 15.9 Å². The molecule has 1 saturated heterocycles. The van der Waals surface area contributed by atoms with E-state index in [0.717, 1.165) is 10.0 Å². The molecule has 1 fully saturated rings. The number of carbonyl (C=O) groups excluding carboxylic acids is 1. The predicted molar refractivity (Wildman–Crippen MR) is 118 cm³/mol. The van der Waals surface area contributed by atoms with Crippen LogP contribution in [-0.4, -0.2) is 56.5 Å². The minimum Gasteiger partial charge on any atom is -0.379 e. The second kappa shape index (κ2) is 9.31. The quantitative estimate of drug-likeness (QED) is 0.490. The van der Waals surface area contributed by atoms with Crippen molar-refractivity contribution < 1.29 is 22.5 Å². The maximum atomic E-state index is 12.7. The van der Waals surface area contributed by atoms with Gasteiger partial charge in [0.25, 0.3) is 0 Å². The zero-order valence-electron chi connectivity index (χ0n) is 16.5. The van der Waals surface area contributed by atoms with Gasteiger partial charge in [-0.2, -0.15) is 4.31 Å². The Morgan fingerprint density at radius 3 is 2.42 bits per heavy atom. The minimum atomic E-state index is -3.59. The van der Waals surface area contributed by atoms with Crippen molar-refractivity contribution in [2.75, 3.05) is 38.2 Å². The molecule has 1 aliphatic rings. The second-order valence-corrected chi connectivity index (χ2v) is 9.75. The molecule has 1 N–H and O–H groups in total. The predicted octanol–water partition coefficient (Wildman–Crippen LogP) is 3.42. The van der Waals surface area contributed by atoms with Crippen molar-refractivity contribution in [3.8, 4) is 11.3 Å². The third-order valence-electron chi connectivity index (χ3n) is 4.86. The highest BCUT2D eigenvalue weighted by Crippen LogP contribution is 2.23. The largest absolute Gasteiger partial charge is 0.379 e. The molecule has 4 rings (SSSR count). The Bertz CT molecular complexity index is 1150. The van der Waals surface area contributed by atoms with E-state index in [1.165, 1.54) is 28.6 Å². The van der Waals surface area contributed by atoms with Crippen LogP contribution < -0.4 is 5.32 Å². The molecule has 2 heterocycles. The van der Waals surface area contributed by atoms with Crippen LogP contribution >= 0.6 is 15.9 Å². The highest BCUT2D eigenvalue weighted by atomic mass is 79.9. The summed E-state index contributed by atoms with van der Waals surface area (Å²) in [5.41, 5.74) is 1.95. The summed E-state index contributed by atoms with van der Waals surface area (Å²) in [5.74, 6) is 0.176. The number of morpholine rings is 1. The van der Waals surface area contributed by atoms with Crippen molar-refractivity contribution in [3.63, 3.8) is 0 Å². The smallest absolute Gasteiger partial charge is 0.243 e. The van der Waals surface area contributed by atoms with E-state index >= 15 is 0 Å². The van der Waals surface area contributed by atoms with Gasteiger partial charge < -0.3 is 14.6 Å². The van der Waals surface area contributed by atoms with Crippen LogP contribution in [0.1, 0.15) is 10.4 Å². The number of nitrogens with zero attached hydrogens (tertiary/aromatic N) is 2. The number of halogens is 1. The maximum absolute atomic E-state index is 12.7. The molecule has 1 aliphatic heterocycles. The second-order valence-electron chi connectivity index (χ2n) is 6.90. The number of nitrogens with one attached hydrogen (secondary N) is 1. The Kier molecular flexibility index (Phi) is 6.51. The van der Waals surface area contributed by atoms with Crippen LogP contribution in [-0.2, 0) is 14.8 Å². The number of rotatable bonds is 7. The first-order valence-electron chi connectivity index (χ1n) is 9.61. The Morgan fingerprint density at radius 1 is 1.06 bits per heavy atom. The van der Waals surface area contributed by atoms with E-state index in [1.54, 1.807) is 6.07 Å². The molecule has 2 aromatic carbocycles. The number of aromatic nitrogens is 1. The van der Waals surface area contributed by atoms with E-state index in [-0.39, 0.29) is 17.2 Å². The highest BCUT2D eigenvalue weighted by molar-refractivity contribution is 9.10. The monoisotopic (exact) mass is 505 g/mol. The number of benzene rings is 2. The molecule has 0 bridgehead atoms. The molecule has 8 nitrogen and oxygen atoms in total. The number of sulfonamides is 1. The van der Waals surface area contributed by atoms with Crippen molar-refractivity contribution in [1.82, 2.24) is 9.46 Å². The van der Waals surface area contributed by atoms with Crippen molar-refractivity contribution in [2.45, 2.75) is 4.90 Å². The molecular weight excluding hydrogens is 486 g/mol. The van der Waals surface area contributed by atoms with E-state index in [9.17, 15) is 13.2 Å². The number of ether oxygens (including phenoxy) is 1. The number of anilines is 1. The zero-order valence-corrected chi connectivity index (χ0v) is 18.9. The molecule has 0 amide bonds. The number of carbonyl (C=O) groups is 1. The number of Topliss-reactive ketones (excluding diaryl/α,β-unsaturated/α-hetero) is 1. The van der Waals surface area contributed by atoms with Gasteiger partial charge in [-0.05, 0) is 36.4 Å². The van der Waals surface area contributed by atoms with Crippen LogP contribution in [0.2, 0.25) is 0 Å². The topological polar surface area (TPSA) is 102 Å². The zero-order chi connectivity index (χ0) is 21.8. The van der Waals surface area contributed by atoms with Gasteiger partial charge in [-0.3, -0.25) is 4.79 Å². The Hall–Kier alpha value is -2.53. The molecule has 3 aromatic rings. The molecule has 0 atom stereocenters. The maximum Gasteiger partial charge on any atom is 0.243 e. The van der Waals surface area contributed by atoms with E-state index in [0.29, 0.717) is 43.4 Å². The molecule has 0 spiro atoms. The Labute approximate surface area is 188 Å². The lowest BCUT2D eigenvalue weighted by atomic mass is 10.1. The first-order chi connectivity index (χ1) is 14.9. The standard InChI is InChI=1S/C21H20BrN3O5S/c22-17-5-1-15(2-6-17)19-13-21(30-24-19)23-14-20(26)16-3-7-18(8-4-16)31(27,28)25-9-11-29-12-10-25/h1-8,13,23H,9-12,14H2. The summed E-state index contributed by atoms with van der Waals surface area (Å²) in [6.45, 7) is 1.41. The van der Waals surface area contributed by atoms with Gasteiger partial charge in [0.1, 0.15) is 5.69 Å². The van der Waals surface area contributed by atoms with Crippen molar-refractivity contribution in [1.29, 1.82) is 0 Å². The fourth-order valence-corrected chi connectivity index (χ4v) is 4.81. The molecule has 0 aliphatic carbocycles. The number of hydrogen-bond acceptors (Lipinski definition) is 7. The average Bonchev–Trinajstić information content (AvgIpc) is 3.28. The van der Waals surface area contributed by atoms with Gasteiger partial charge in [0.05, 0.1) is 24.7 Å². The van der Waals surface area contributed by atoms with E-state index in [1.807, 2.05) is 24.3 Å². The van der Waals surface area contributed by atoms with E-state index in [4.69, 9.17) is 9.26 Å². The van der Waals surface area contributed by atoms with Gasteiger partial charge in [-0.1, -0.05) is 33.2 Å². The number of ketones is 1. The van der Waals surface area contributed by atoms with Crippen LogP contribution in [0.25, 0.3) is 11.3 Å². The first kappa shape index (κ1) is 21.7. The molecule has 162 valence electrons. The molecule has 0 unspecified atom stereocenters. The van der Waals surface area contributed by atoms with Crippen molar-refractivity contribution in [3.05, 3.63) is 64.6 Å². The fourth-order valence-electron chi connectivity index (χ4n) is 3.13. The summed E-state index contributed by atoms with van der Waals surface area (Å²) in [4.78, 5) is 12.6. The summed E-state index contributed by atoms with van der Waals surface area (Å²) in [6.07, 6.45) is 0. The molecule has 0 saturated carbocycles. The van der Waals surface area contributed by atoms with E-state index < -0.39 is 10.0 Å². The van der Waals surface area contributed by atoms with Crippen LogP contribution in [0.4, 0.5) is 5.88 Å². The lowest BCUT2D eigenvalue weighted by Crippen LogP contribution is -2.40. The Morgan fingerprint density at radius 2 is 1.74 bits per heavy atom. The molecule has 1 aromatic heterocycles. The van der Waals surface area contributed by atoms with Crippen LogP contribution in [0, 0.1) is 0 Å². The molecule has 0 radical (unpaired) electrons. The SMILES string of the molecule is O=C(CNc1cc(-c2ccc(Br)cc2)no1)c1ccc(S(=O)(=O)N2CCOCC2)cc1. The van der Waals surface area contributed by atoms with Gasteiger partial charge in [0.15, 0.2) is 5.78 Å². The van der Waals surface area contributed by atoms with Gasteiger partial charge >= 0.3 is 0 Å². The average molecular weight is 506 g/mol. The third kappa shape index (κ3) is 5.04. The summed E-state index contributed by atoms with van der Waals surface area (Å²) in [6, 6.07) is 15.3. The van der Waals surface area contributed by atoms with Gasteiger partial charge in [0, 0.05) is 34.8 Å². The summed E-state index contributed by atoms with van der Waals surface area (Å²) < 4.78 is 38.1. The van der Waals surface area contributed by atoms with Crippen LogP contribution in [0.5, 0.6) is 0 Å². The molecule has 31 heavy (non-hydrogen) atoms. The van der Waals surface area contributed by atoms with Crippen LogP contribution in [0.3, 0.4) is 0 Å². The summed E-state index contributed by atoms with van der Waals surface area (Å²) in [7, 11) is -3.59. The molecular formula is C21H20BrN3O5S. The van der Waals surface area contributed by atoms with Gasteiger partial charge in [-0.25, -0.2) is 8.42 Å². The minimum absolute atomic E-state index is 0.00939. The Balaban J connectivity index is 1.37. The van der Waals surface area contributed by atoms with E-state index in [2.05, 4.69) is 26.4 Å². The van der Waals surface area contributed by atoms with Crippen LogP contribution in [0.15, 0.2) is 68.5 Å². The lowest BCUT2D eigenvalue weighted by molar-refractivity contribution is 0.0730. The summed E-state index contributed by atoms with van der Waals surface area (Å²) >= 11 is 3.39. The first-order valence-corrected chi connectivity index (χ1v) is 11.8. The molecule has 10 heteroatoms. The summed E-state index contributed by atoms with van der Waals surface area (Å²) in [5, 5.41) is 6.92. The lowest BCUT2D eigenvalue weighted by Gasteiger charge is -2.26. The number of hydrogen-bond donors (Lipinski definition) is 1.